The molecule has 12 nitrogen and oxygen atoms in total. The van der Waals surface area contributed by atoms with E-state index < -0.39 is 40.5 Å². The molecule has 272 valence electrons. The fourth-order valence-corrected chi connectivity index (χ4v) is 8.08. The summed E-state index contributed by atoms with van der Waals surface area (Å²) in [5.41, 5.74) is 6.49. The molecule has 4 aliphatic rings. The first-order valence-electron chi connectivity index (χ1n) is 17.2. The van der Waals surface area contributed by atoms with Crippen molar-refractivity contribution in [3.63, 3.8) is 0 Å². The minimum absolute atomic E-state index is 0.0922. The lowest BCUT2D eigenvalue weighted by molar-refractivity contribution is -0.140. The summed E-state index contributed by atoms with van der Waals surface area (Å²) in [6.45, 7) is 10.9. The van der Waals surface area contributed by atoms with Crippen molar-refractivity contribution in [2.24, 2.45) is 0 Å². The quantitative estimate of drug-likeness (QED) is 0.117. The number of anilines is 2. The van der Waals surface area contributed by atoms with Crippen LogP contribution in [0.1, 0.15) is 78.2 Å². The molecule has 2 saturated heterocycles. The molecule has 0 bridgehead atoms. The highest BCUT2D eigenvalue weighted by Crippen LogP contribution is 2.45. The summed E-state index contributed by atoms with van der Waals surface area (Å²) >= 11 is 0. The molecule has 7 heterocycles. The standard InChI is InChI=1S/C36H37F4N9O3/c1-4-7-22-12-25(41)31(37)29(30(22)36(38,39)40)28-14-26-24(18-50-28)32(44-34(43-26)51-19-35-8-5-10-48(35)16-20(2)15-35)47-9-6-11-49-23(17-47)13-27(45-49)33-42-21(3)46-52-33/h12-13,28H,2,5-6,8-11,14-19,41H2,1,3H3. The molecular weight excluding hydrogens is 682 g/mol. The van der Waals surface area contributed by atoms with Gasteiger partial charge in [-0.1, -0.05) is 23.2 Å². The molecule has 4 aliphatic heterocycles. The number of benzene rings is 1. The Balaban J connectivity index is 1.18. The highest BCUT2D eigenvalue weighted by Gasteiger charge is 2.47. The number of ether oxygens (including phenoxy) is 2. The fraction of sp³-hybridized carbons (Fsp3) is 0.472. The van der Waals surface area contributed by atoms with Gasteiger partial charge in [-0.05, 0) is 58.2 Å². The predicted molar refractivity (Wildman–Crippen MR) is 180 cm³/mol. The van der Waals surface area contributed by atoms with Crippen LogP contribution < -0.4 is 15.4 Å². The average Bonchev–Trinajstić information content (AvgIpc) is 3.85. The van der Waals surface area contributed by atoms with E-state index >= 15 is 4.39 Å². The molecule has 0 radical (unpaired) electrons. The third-order valence-corrected chi connectivity index (χ3v) is 10.3. The number of aromatic nitrogens is 6. The maximum absolute atomic E-state index is 15.7. The van der Waals surface area contributed by atoms with Crippen molar-refractivity contribution in [3.8, 4) is 29.4 Å². The molecule has 0 aliphatic carbocycles. The molecule has 2 fully saturated rings. The van der Waals surface area contributed by atoms with Crippen LogP contribution in [0.2, 0.25) is 0 Å². The first kappa shape index (κ1) is 34.1. The number of fused-ring (bicyclic) bond motifs is 3. The van der Waals surface area contributed by atoms with E-state index in [-0.39, 0.29) is 24.6 Å². The Labute approximate surface area is 297 Å². The summed E-state index contributed by atoms with van der Waals surface area (Å²) in [6, 6.07) is 2.90. The Morgan fingerprint density at radius 2 is 1.98 bits per heavy atom. The van der Waals surface area contributed by atoms with E-state index in [1.807, 2.05) is 10.7 Å². The molecule has 8 rings (SSSR count). The van der Waals surface area contributed by atoms with Gasteiger partial charge in [0.1, 0.15) is 12.4 Å². The first-order valence-corrected chi connectivity index (χ1v) is 17.2. The summed E-state index contributed by atoms with van der Waals surface area (Å²) < 4.78 is 79.3. The number of nitrogens with zero attached hydrogens (tertiary/aromatic N) is 8. The van der Waals surface area contributed by atoms with E-state index in [2.05, 4.69) is 38.4 Å². The van der Waals surface area contributed by atoms with Crippen LogP contribution >= 0.6 is 0 Å². The van der Waals surface area contributed by atoms with Crippen molar-refractivity contribution < 1.29 is 31.6 Å². The molecule has 0 saturated carbocycles. The zero-order chi connectivity index (χ0) is 36.4. The molecular formula is C36H37F4N9O3. The smallest absolute Gasteiger partial charge is 0.418 e. The average molecular weight is 720 g/mol. The summed E-state index contributed by atoms with van der Waals surface area (Å²) in [5.74, 6) is 5.08. The molecule has 2 unspecified atom stereocenters. The van der Waals surface area contributed by atoms with Gasteiger partial charge >= 0.3 is 12.2 Å². The Kier molecular flexibility index (Phi) is 8.45. The predicted octanol–water partition coefficient (Wildman–Crippen LogP) is 5.54. The van der Waals surface area contributed by atoms with Crippen LogP contribution in [-0.2, 0) is 37.0 Å². The lowest BCUT2D eigenvalue weighted by atomic mass is 9.91. The van der Waals surface area contributed by atoms with E-state index in [9.17, 15) is 13.2 Å². The van der Waals surface area contributed by atoms with Gasteiger partial charge in [-0.15, -0.1) is 5.92 Å². The summed E-state index contributed by atoms with van der Waals surface area (Å²) in [7, 11) is 0. The van der Waals surface area contributed by atoms with E-state index in [0.29, 0.717) is 67.1 Å². The Morgan fingerprint density at radius 1 is 1.13 bits per heavy atom. The summed E-state index contributed by atoms with van der Waals surface area (Å²) in [6.07, 6.45) is -2.97. The number of rotatable bonds is 6. The molecule has 0 spiro atoms. The third kappa shape index (κ3) is 6.05. The van der Waals surface area contributed by atoms with Crippen molar-refractivity contribution in [2.45, 2.75) is 83.5 Å². The highest BCUT2D eigenvalue weighted by molar-refractivity contribution is 5.59. The second kappa shape index (κ2) is 12.9. The lowest BCUT2D eigenvalue weighted by Crippen LogP contribution is -2.43. The van der Waals surface area contributed by atoms with Crippen molar-refractivity contribution in [2.75, 3.05) is 36.9 Å². The van der Waals surface area contributed by atoms with E-state index in [1.54, 1.807) is 6.92 Å². The topological polar surface area (TPSA) is 133 Å². The van der Waals surface area contributed by atoms with Crippen LogP contribution in [0, 0.1) is 24.6 Å². The van der Waals surface area contributed by atoms with E-state index in [0.717, 1.165) is 49.7 Å². The minimum atomic E-state index is -4.93. The zero-order valence-electron chi connectivity index (χ0n) is 28.8. The first-order chi connectivity index (χ1) is 24.9. The van der Waals surface area contributed by atoms with Crippen LogP contribution in [0.3, 0.4) is 0 Å². The van der Waals surface area contributed by atoms with Gasteiger partial charge in [-0.3, -0.25) is 9.58 Å². The summed E-state index contributed by atoms with van der Waals surface area (Å²) in [5, 5.41) is 8.58. The molecule has 3 aromatic heterocycles. The van der Waals surface area contributed by atoms with Crippen LogP contribution in [0.25, 0.3) is 11.6 Å². The molecule has 2 atom stereocenters. The number of hydrogen-bond acceptors (Lipinski definition) is 11. The molecule has 1 aromatic carbocycles. The number of alkyl halides is 3. The molecule has 16 heteroatoms. The van der Waals surface area contributed by atoms with Crippen LogP contribution in [-0.4, -0.2) is 66.6 Å². The van der Waals surface area contributed by atoms with Crippen molar-refractivity contribution in [3.05, 3.63) is 69.6 Å². The third-order valence-electron chi connectivity index (χ3n) is 10.3. The van der Waals surface area contributed by atoms with Gasteiger partial charge in [0, 0.05) is 42.7 Å². The maximum Gasteiger partial charge on any atom is 0.418 e. The monoisotopic (exact) mass is 719 g/mol. The number of nitrogen functional groups attached to an aromatic ring is 1. The molecule has 0 amide bonds. The van der Waals surface area contributed by atoms with E-state index in [1.165, 1.54) is 6.92 Å². The van der Waals surface area contributed by atoms with Gasteiger partial charge in [-0.2, -0.15) is 33.2 Å². The highest BCUT2D eigenvalue weighted by atomic mass is 19.4. The van der Waals surface area contributed by atoms with Gasteiger partial charge in [-0.25, -0.2) is 4.39 Å². The Hall–Kier alpha value is -5.01. The van der Waals surface area contributed by atoms with Gasteiger partial charge < -0.3 is 24.6 Å². The van der Waals surface area contributed by atoms with Gasteiger partial charge in [0.05, 0.1) is 47.4 Å². The number of hydrogen-bond donors (Lipinski definition) is 1. The Morgan fingerprint density at radius 3 is 2.75 bits per heavy atom. The number of aryl methyl sites for hydroxylation is 2. The van der Waals surface area contributed by atoms with Crippen molar-refractivity contribution >= 4 is 11.5 Å². The van der Waals surface area contributed by atoms with Gasteiger partial charge in [0.25, 0.3) is 5.89 Å². The van der Waals surface area contributed by atoms with Crippen molar-refractivity contribution in [1.82, 2.24) is 34.8 Å². The zero-order valence-corrected chi connectivity index (χ0v) is 28.8. The lowest BCUT2D eigenvalue weighted by Gasteiger charge is -2.33. The fourth-order valence-electron chi connectivity index (χ4n) is 8.08. The Bertz CT molecular complexity index is 2130. The second-order valence-corrected chi connectivity index (χ2v) is 13.9. The molecule has 2 N–H and O–H groups in total. The molecule has 52 heavy (non-hydrogen) atoms. The van der Waals surface area contributed by atoms with Gasteiger partial charge in [0.15, 0.2) is 17.3 Å². The maximum atomic E-state index is 15.7. The SMILES string of the molecule is C=C1CN2CCCC2(COc2nc3c(c(N4CCCn5nc(-c6nc(C)no6)cc5C4)n2)COC(c2c(F)c(N)cc(C#CC)c2C(F)(F)F)C3)C1. The van der Waals surface area contributed by atoms with Crippen LogP contribution in [0.15, 0.2) is 28.8 Å². The van der Waals surface area contributed by atoms with Crippen LogP contribution in [0.4, 0.5) is 29.1 Å². The largest absolute Gasteiger partial charge is 0.461 e. The van der Waals surface area contributed by atoms with Crippen LogP contribution in [0.5, 0.6) is 6.01 Å². The van der Waals surface area contributed by atoms with Gasteiger partial charge in [0.2, 0.25) is 0 Å². The normalized spacial score (nSPS) is 21.7. The van der Waals surface area contributed by atoms with E-state index in [4.69, 9.17) is 34.8 Å². The minimum Gasteiger partial charge on any atom is -0.461 e. The second-order valence-electron chi connectivity index (χ2n) is 13.9. The molecule has 4 aromatic rings. The summed E-state index contributed by atoms with van der Waals surface area (Å²) in [4.78, 5) is 18.4. The number of halogens is 4. The number of nitrogens with two attached hydrogens (primary N) is 1. The van der Waals surface area contributed by atoms with Crippen molar-refractivity contribution in [1.29, 1.82) is 0 Å².